The lowest BCUT2D eigenvalue weighted by molar-refractivity contribution is -0.137. The van der Waals surface area contributed by atoms with Gasteiger partial charge in [0.15, 0.2) is 11.5 Å². The number of rotatable bonds is 4. The first-order chi connectivity index (χ1) is 9.74. The lowest BCUT2D eigenvalue weighted by atomic mass is 10.2. The highest BCUT2D eigenvalue weighted by Gasteiger charge is 2.32. The van der Waals surface area contributed by atoms with Crippen LogP contribution in [0.4, 0.5) is 13.2 Å². The van der Waals surface area contributed by atoms with E-state index in [1.165, 1.54) is 11.6 Å². The van der Waals surface area contributed by atoms with Gasteiger partial charge in [-0.15, -0.1) is 0 Å². The molecule has 5 nitrogen and oxygen atoms in total. The zero-order chi connectivity index (χ0) is 15.8. The van der Waals surface area contributed by atoms with Crippen LogP contribution in [-0.4, -0.2) is 36.0 Å². The zero-order valence-corrected chi connectivity index (χ0v) is 12.1. The van der Waals surface area contributed by atoms with Crippen LogP contribution in [0.3, 0.4) is 0 Å². The number of hydrogen-bond donors (Lipinski definition) is 0. The summed E-state index contributed by atoms with van der Waals surface area (Å²) in [5, 5.41) is 0. The van der Waals surface area contributed by atoms with Crippen molar-refractivity contribution in [2.24, 2.45) is 7.05 Å². The number of ketones is 1. The van der Waals surface area contributed by atoms with Gasteiger partial charge in [-0.2, -0.15) is 13.2 Å². The van der Waals surface area contributed by atoms with Gasteiger partial charge in [-0.1, -0.05) is 6.92 Å². The molecule has 0 aliphatic carbocycles. The number of Topliss-reactive ketones (excluding diaryl/α,β-unsaturated/α-hetero) is 1. The third kappa shape index (κ3) is 3.12. The number of aromatic nitrogens is 3. The van der Waals surface area contributed by atoms with Gasteiger partial charge >= 0.3 is 6.18 Å². The molecule has 2 rings (SSSR count). The maximum Gasteiger partial charge on any atom is 0.417 e. The number of pyridine rings is 1. The summed E-state index contributed by atoms with van der Waals surface area (Å²) in [5.41, 5.74) is -0.768. The van der Waals surface area contributed by atoms with Crippen molar-refractivity contribution in [2.45, 2.75) is 13.1 Å². The van der Waals surface area contributed by atoms with Gasteiger partial charge in [0.1, 0.15) is 5.52 Å². The van der Waals surface area contributed by atoms with E-state index in [1.54, 1.807) is 6.92 Å². The summed E-state index contributed by atoms with van der Waals surface area (Å²) in [6.45, 7) is 1.68. The highest BCUT2D eigenvalue weighted by atomic mass is 32.2. The normalized spacial score (nSPS) is 13.6. The molecule has 0 N–H and O–H groups in total. The molecule has 2 heterocycles. The molecule has 0 saturated carbocycles. The Morgan fingerprint density at radius 2 is 2.10 bits per heavy atom. The quantitative estimate of drug-likeness (QED) is 0.808. The van der Waals surface area contributed by atoms with E-state index in [9.17, 15) is 22.2 Å². The van der Waals surface area contributed by atoms with Crippen molar-refractivity contribution in [1.82, 2.24) is 14.5 Å². The molecule has 114 valence electrons. The number of nitrogens with zero attached hydrogens (tertiary/aromatic N) is 3. The molecule has 1 unspecified atom stereocenters. The van der Waals surface area contributed by atoms with Gasteiger partial charge in [0.25, 0.3) is 0 Å². The summed E-state index contributed by atoms with van der Waals surface area (Å²) in [5.74, 6) is -0.408. The monoisotopic (exact) mass is 319 g/mol. The highest BCUT2D eigenvalue weighted by Crippen LogP contribution is 2.30. The standard InChI is InChI=1S/C12H12F3N3O2S/c1-3-21(20)6-9(19)11-17-8-4-7(12(13,14)15)5-16-10(8)18(11)2/h4-5H,3,6H2,1-2H3. The van der Waals surface area contributed by atoms with E-state index in [0.717, 1.165) is 6.07 Å². The van der Waals surface area contributed by atoms with Crippen LogP contribution in [0.15, 0.2) is 12.3 Å². The highest BCUT2D eigenvalue weighted by molar-refractivity contribution is 7.85. The predicted octanol–water partition coefficient (Wildman–Crippen LogP) is 1.94. The van der Waals surface area contributed by atoms with Crippen molar-refractivity contribution in [3.63, 3.8) is 0 Å². The first kappa shape index (κ1) is 15.6. The average Bonchev–Trinajstić information content (AvgIpc) is 2.74. The molecule has 2 aromatic heterocycles. The summed E-state index contributed by atoms with van der Waals surface area (Å²) >= 11 is 0. The molecule has 0 aromatic carbocycles. The predicted molar refractivity (Wildman–Crippen MR) is 71.4 cm³/mol. The SMILES string of the molecule is CCS(=O)CC(=O)c1nc2cc(C(F)(F)F)cnc2n1C. The largest absolute Gasteiger partial charge is 0.417 e. The fraction of sp³-hybridized carbons (Fsp3) is 0.417. The first-order valence-electron chi connectivity index (χ1n) is 6.02. The first-order valence-corrected chi connectivity index (χ1v) is 7.50. The van der Waals surface area contributed by atoms with Crippen LogP contribution in [0, 0.1) is 0 Å². The fourth-order valence-electron chi connectivity index (χ4n) is 1.79. The van der Waals surface area contributed by atoms with Crippen LogP contribution >= 0.6 is 0 Å². The van der Waals surface area contributed by atoms with Gasteiger partial charge in [0.2, 0.25) is 5.78 Å². The third-order valence-electron chi connectivity index (χ3n) is 2.90. The second kappa shape index (κ2) is 5.55. The molecular formula is C12H12F3N3O2S. The van der Waals surface area contributed by atoms with E-state index in [0.29, 0.717) is 11.9 Å². The van der Waals surface area contributed by atoms with Gasteiger partial charge in [0.05, 0.1) is 11.3 Å². The molecular weight excluding hydrogens is 307 g/mol. The third-order valence-corrected chi connectivity index (χ3v) is 4.13. The van der Waals surface area contributed by atoms with Crippen molar-refractivity contribution in [3.05, 3.63) is 23.7 Å². The molecule has 0 bridgehead atoms. The van der Waals surface area contributed by atoms with Crippen molar-refractivity contribution in [2.75, 3.05) is 11.5 Å². The van der Waals surface area contributed by atoms with E-state index >= 15 is 0 Å². The van der Waals surface area contributed by atoms with E-state index in [4.69, 9.17) is 0 Å². The Morgan fingerprint density at radius 1 is 1.43 bits per heavy atom. The molecule has 0 amide bonds. The number of carbonyl (C=O) groups is 1. The average molecular weight is 319 g/mol. The van der Waals surface area contributed by atoms with Gasteiger partial charge in [-0.05, 0) is 6.07 Å². The number of alkyl halides is 3. The number of carbonyl (C=O) groups excluding carboxylic acids is 1. The summed E-state index contributed by atoms with van der Waals surface area (Å²) in [7, 11) is 0.175. The molecule has 1 atom stereocenters. The number of hydrogen-bond acceptors (Lipinski definition) is 4. The Bertz CT molecular complexity index is 724. The van der Waals surface area contributed by atoms with Crippen molar-refractivity contribution in [1.29, 1.82) is 0 Å². The smallest absolute Gasteiger partial charge is 0.309 e. The lowest BCUT2D eigenvalue weighted by Crippen LogP contribution is -2.16. The molecule has 0 radical (unpaired) electrons. The van der Waals surface area contributed by atoms with Gasteiger partial charge in [0, 0.05) is 29.8 Å². The Balaban J connectivity index is 2.46. The minimum absolute atomic E-state index is 0.0158. The Hall–Kier alpha value is -1.77. The number of imidazole rings is 1. The zero-order valence-electron chi connectivity index (χ0n) is 11.3. The Kier molecular flexibility index (Phi) is 4.13. The minimum atomic E-state index is -4.52. The summed E-state index contributed by atoms with van der Waals surface area (Å²) in [6, 6.07) is 0.843. The van der Waals surface area contributed by atoms with E-state index in [1.807, 2.05) is 0 Å². The van der Waals surface area contributed by atoms with Gasteiger partial charge < -0.3 is 4.57 Å². The molecule has 9 heteroatoms. The summed E-state index contributed by atoms with van der Waals surface area (Å²) < 4.78 is 50.6. The maximum atomic E-state index is 12.6. The van der Waals surface area contributed by atoms with Crippen LogP contribution in [0.1, 0.15) is 23.1 Å². The van der Waals surface area contributed by atoms with Crippen LogP contribution in [-0.2, 0) is 24.0 Å². The number of aryl methyl sites for hydroxylation is 1. The van der Waals surface area contributed by atoms with Crippen molar-refractivity contribution >= 4 is 27.7 Å². The Morgan fingerprint density at radius 3 is 2.67 bits per heavy atom. The van der Waals surface area contributed by atoms with Gasteiger partial charge in [-0.25, -0.2) is 9.97 Å². The van der Waals surface area contributed by atoms with E-state index in [2.05, 4.69) is 9.97 Å². The number of halogens is 3. The molecule has 0 aliphatic heterocycles. The lowest BCUT2D eigenvalue weighted by Gasteiger charge is -2.05. The molecule has 0 aliphatic rings. The van der Waals surface area contributed by atoms with E-state index < -0.39 is 28.3 Å². The Labute approximate surface area is 120 Å². The molecule has 0 fully saturated rings. The van der Waals surface area contributed by atoms with Gasteiger partial charge in [-0.3, -0.25) is 9.00 Å². The van der Waals surface area contributed by atoms with Crippen LogP contribution in [0.5, 0.6) is 0 Å². The maximum absolute atomic E-state index is 12.6. The summed E-state index contributed by atoms with van der Waals surface area (Å²) in [4.78, 5) is 19.6. The van der Waals surface area contributed by atoms with Crippen molar-refractivity contribution < 1.29 is 22.2 Å². The molecule has 21 heavy (non-hydrogen) atoms. The van der Waals surface area contributed by atoms with Crippen LogP contribution in [0.25, 0.3) is 11.2 Å². The number of fused-ring (bicyclic) bond motifs is 1. The topological polar surface area (TPSA) is 64.8 Å². The van der Waals surface area contributed by atoms with E-state index in [-0.39, 0.29) is 22.7 Å². The second-order valence-electron chi connectivity index (χ2n) is 4.35. The molecule has 0 saturated heterocycles. The van der Waals surface area contributed by atoms with Crippen LogP contribution in [0.2, 0.25) is 0 Å². The minimum Gasteiger partial charge on any atom is -0.309 e. The van der Waals surface area contributed by atoms with Crippen molar-refractivity contribution in [3.8, 4) is 0 Å². The second-order valence-corrected chi connectivity index (χ2v) is 6.10. The molecule has 2 aromatic rings. The van der Waals surface area contributed by atoms with Crippen LogP contribution < -0.4 is 0 Å². The summed E-state index contributed by atoms with van der Waals surface area (Å²) in [6.07, 6.45) is -3.82. The fourth-order valence-corrected chi connectivity index (χ4v) is 2.42. The molecule has 0 spiro atoms.